The van der Waals surface area contributed by atoms with Crippen LogP contribution >= 0.6 is 11.3 Å². The summed E-state index contributed by atoms with van der Waals surface area (Å²) < 4.78 is 10.6. The van der Waals surface area contributed by atoms with Gasteiger partial charge in [-0.25, -0.2) is 0 Å². The lowest BCUT2D eigenvalue weighted by molar-refractivity contribution is -0.123. The van der Waals surface area contributed by atoms with Crippen molar-refractivity contribution in [3.63, 3.8) is 0 Å². The number of benzene rings is 2. The Morgan fingerprint density at radius 2 is 1.42 bits per heavy atom. The van der Waals surface area contributed by atoms with Crippen molar-refractivity contribution < 1.29 is 14.3 Å². The predicted molar refractivity (Wildman–Crippen MR) is 132 cm³/mol. The Hall–Kier alpha value is -2.87. The van der Waals surface area contributed by atoms with Crippen LogP contribution in [0.15, 0.2) is 66.0 Å². The fourth-order valence-electron chi connectivity index (χ4n) is 4.09. The first-order chi connectivity index (χ1) is 16.1. The number of nitrogens with one attached hydrogen (secondary N) is 1. The van der Waals surface area contributed by atoms with Crippen LogP contribution in [0.5, 0.6) is 11.5 Å². The second-order valence-electron chi connectivity index (χ2n) is 8.18. The number of ether oxygens (including phenoxy) is 2. The van der Waals surface area contributed by atoms with Crippen LogP contribution < -0.4 is 14.8 Å². The molecule has 4 rings (SSSR count). The van der Waals surface area contributed by atoms with Gasteiger partial charge in [-0.2, -0.15) is 0 Å². The van der Waals surface area contributed by atoms with Gasteiger partial charge in [-0.15, -0.1) is 11.3 Å². The molecule has 3 aromatic rings. The van der Waals surface area contributed by atoms with Gasteiger partial charge >= 0.3 is 0 Å². The Bertz CT molecular complexity index is 951. The minimum absolute atomic E-state index is 0.0262. The van der Waals surface area contributed by atoms with Crippen LogP contribution in [-0.2, 0) is 11.3 Å². The van der Waals surface area contributed by atoms with E-state index in [1.54, 1.807) is 25.6 Å². The fraction of sp³-hybridized carbons (Fsp3) is 0.346. The number of amides is 1. The molecule has 1 amide bonds. The van der Waals surface area contributed by atoms with E-state index in [-0.39, 0.29) is 11.9 Å². The molecule has 1 aliphatic rings. The lowest BCUT2D eigenvalue weighted by atomic mass is 9.98. The summed E-state index contributed by atoms with van der Waals surface area (Å²) in [5.41, 5.74) is 2.02. The van der Waals surface area contributed by atoms with Gasteiger partial charge in [-0.3, -0.25) is 14.6 Å². The van der Waals surface area contributed by atoms with Gasteiger partial charge in [0.2, 0.25) is 5.91 Å². The normalized spacial score (nSPS) is 14.9. The van der Waals surface area contributed by atoms with Gasteiger partial charge in [0, 0.05) is 37.6 Å². The summed E-state index contributed by atoms with van der Waals surface area (Å²) in [6.07, 6.45) is 0. The molecule has 2 aromatic carbocycles. The molecule has 33 heavy (non-hydrogen) atoms. The summed E-state index contributed by atoms with van der Waals surface area (Å²) in [5.74, 6) is 1.61. The zero-order valence-corrected chi connectivity index (χ0v) is 20.0. The zero-order valence-electron chi connectivity index (χ0n) is 19.2. The lowest BCUT2D eigenvalue weighted by Gasteiger charge is -2.34. The van der Waals surface area contributed by atoms with Crippen molar-refractivity contribution in [2.75, 3.05) is 46.9 Å². The third-order valence-electron chi connectivity index (χ3n) is 6.00. The maximum absolute atomic E-state index is 13.0. The average Bonchev–Trinajstić information content (AvgIpc) is 3.37. The second-order valence-corrected chi connectivity index (χ2v) is 9.21. The van der Waals surface area contributed by atoms with E-state index in [0.29, 0.717) is 6.54 Å². The molecule has 2 heterocycles. The van der Waals surface area contributed by atoms with Crippen molar-refractivity contribution in [3.05, 3.63) is 82.0 Å². The van der Waals surface area contributed by atoms with Crippen molar-refractivity contribution in [2.45, 2.75) is 12.6 Å². The molecular weight excluding hydrogens is 434 g/mol. The van der Waals surface area contributed by atoms with Crippen LogP contribution in [0, 0.1) is 0 Å². The highest BCUT2D eigenvalue weighted by Gasteiger charge is 2.22. The van der Waals surface area contributed by atoms with E-state index < -0.39 is 0 Å². The minimum atomic E-state index is -0.241. The van der Waals surface area contributed by atoms with Crippen LogP contribution in [0.2, 0.25) is 0 Å². The van der Waals surface area contributed by atoms with Gasteiger partial charge in [0.25, 0.3) is 0 Å². The van der Waals surface area contributed by atoms with E-state index in [1.165, 1.54) is 4.88 Å². The highest BCUT2D eigenvalue weighted by Crippen LogP contribution is 2.26. The molecular formula is C26H31N3O3S. The average molecular weight is 466 g/mol. The molecule has 1 aliphatic heterocycles. The van der Waals surface area contributed by atoms with Crippen molar-refractivity contribution in [3.8, 4) is 11.5 Å². The smallest absolute Gasteiger partial charge is 0.234 e. The number of hydrogen-bond donors (Lipinski definition) is 1. The Balaban J connectivity index is 1.38. The first-order valence-corrected chi connectivity index (χ1v) is 12.1. The number of methoxy groups -OCH3 is 2. The maximum Gasteiger partial charge on any atom is 0.234 e. The molecule has 6 nitrogen and oxygen atoms in total. The van der Waals surface area contributed by atoms with Gasteiger partial charge in [0.15, 0.2) is 0 Å². The quantitative estimate of drug-likeness (QED) is 0.521. The number of piperazine rings is 1. The van der Waals surface area contributed by atoms with Gasteiger partial charge < -0.3 is 14.8 Å². The molecule has 0 spiro atoms. The number of nitrogens with zero attached hydrogens (tertiary/aromatic N) is 2. The Morgan fingerprint density at radius 3 is 1.91 bits per heavy atom. The molecule has 1 N–H and O–H groups in total. The van der Waals surface area contributed by atoms with Crippen LogP contribution in [-0.4, -0.2) is 62.7 Å². The molecule has 0 radical (unpaired) electrons. The van der Waals surface area contributed by atoms with E-state index in [1.807, 2.05) is 48.5 Å². The number of carbonyl (C=O) groups is 1. The van der Waals surface area contributed by atoms with Gasteiger partial charge in [-0.05, 0) is 46.8 Å². The monoisotopic (exact) mass is 465 g/mol. The topological polar surface area (TPSA) is 54.0 Å². The Morgan fingerprint density at radius 1 is 0.879 bits per heavy atom. The molecule has 0 atom stereocenters. The van der Waals surface area contributed by atoms with Crippen molar-refractivity contribution in [2.24, 2.45) is 0 Å². The van der Waals surface area contributed by atoms with E-state index >= 15 is 0 Å². The van der Waals surface area contributed by atoms with E-state index in [4.69, 9.17) is 9.47 Å². The summed E-state index contributed by atoms with van der Waals surface area (Å²) in [6, 6.07) is 19.7. The third kappa shape index (κ3) is 6.35. The number of thiophene rings is 1. The van der Waals surface area contributed by atoms with Crippen LogP contribution in [0.3, 0.4) is 0 Å². The first-order valence-electron chi connectivity index (χ1n) is 11.2. The molecule has 1 aromatic heterocycles. The molecule has 1 fully saturated rings. The molecule has 0 unspecified atom stereocenters. The summed E-state index contributed by atoms with van der Waals surface area (Å²) >= 11 is 1.80. The predicted octanol–water partition coefficient (Wildman–Crippen LogP) is 3.79. The summed E-state index contributed by atoms with van der Waals surface area (Å²) in [4.78, 5) is 19.1. The first kappa shape index (κ1) is 23.3. The van der Waals surface area contributed by atoms with E-state index in [9.17, 15) is 4.79 Å². The largest absolute Gasteiger partial charge is 0.497 e. The molecule has 1 saturated heterocycles. The van der Waals surface area contributed by atoms with Gasteiger partial charge in [0.1, 0.15) is 11.5 Å². The van der Waals surface area contributed by atoms with Crippen LogP contribution in [0.25, 0.3) is 0 Å². The maximum atomic E-state index is 13.0. The molecule has 7 heteroatoms. The van der Waals surface area contributed by atoms with E-state index in [0.717, 1.165) is 55.3 Å². The van der Waals surface area contributed by atoms with Gasteiger partial charge in [0.05, 0.1) is 26.8 Å². The van der Waals surface area contributed by atoms with Crippen molar-refractivity contribution in [1.82, 2.24) is 15.1 Å². The molecule has 0 aliphatic carbocycles. The standard InChI is InChI=1S/C26H31N3O3S/c1-31-22-9-5-20(6-10-22)26(21-7-11-23(32-2)12-8-21)27-25(30)19-29-15-13-28(14-16-29)18-24-4-3-17-33-24/h3-12,17,26H,13-16,18-19H2,1-2H3,(H,27,30). The summed E-state index contributed by atoms with van der Waals surface area (Å²) in [5, 5.41) is 5.37. The molecule has 174 valence electrons. The summed E-state index contributed by atoms with van der Waals surface area (Å²) in [7, 11) is 3.30. The SMILES string of the molecule is COc1ccc(C(NC(=O)CN2CCN(Cc3cccs3)CC2)c2ccc(OC)cc2)cc1. The Kier molecular flexibility index (Phi) is 7.99. The number of rotatable bonds is 9. The van der Waals surface area contributed by atoms with Crippen LogP contribution in [0.1, 0.15) is 22.0 Å². The van der Waals surface area contributed by atoms with E-state index in [2.05, 4.69) is 32.6 Å². The third-order valence-corrected chi connectivity index (χ3v) is 6.86. The second kappa shape index (κ2) is 11.3. The van der Waals surface area contributed by atoms with Gasteiger partial charge in [-0.1, -0.05) is 30.3 Å². The number of carbonyl (C=O) groups excluding carboxylic acids is 1. The number of hydrogen-bond acceptors (Lipinski definition) is 6. The van der Waals surface area contributed by atoms with Crippen molar-refractivity contribution >= 4 is 17.2 Å². The fourth-order valence-corrected chi connectivity index (χ4v) is 4.84. The van der Waals surface area contributed by atoms with Crippen molar-refractivity contribution in [1.29, 1.82) is 0 Å². The summed E-state index contributed by atoms with van der Waals surface area (Å²) in [6.45, 7) is 5.14. The lowest BCUT2D eigenvalue weighted by Crippen LogP contribution is -2.49. The minimum Gasteiger partial charge on any atom is -0.497 e. The molecule has 0 saturated carbocycles. The zero-order chi connectivity index (χ0) is 23.0. The Labute approximate surface area is 199 Å². The van der Waals surface area contributed by atoms with Crippen LogP contribution in [0.4, 0.5) is 0 Å². The highest BCUT2D eigenvalue weighted by atomic mass is 32.1. The highest BCUT2D eigenvalue weighted by molar-refractivity contribution is 7.09. The molecule has 0 bridgehead atoms.